The van der Waals surface area contributed by atoms with Crippen LogP contribution in [-0.4, -0.2) is 22.6 Å². The highest BCUT2D eigenvalue weighted by molar-refractivity contribution is 6.04. The SMILES string of the molecule is CC(=O)c1cc2c(cc1C(C)C)C1(C)CCCC(C)(C(=O)O)C1CC2=O. The molecule has 0 saturated heterocycles. The largest absolute Gasteiger partial charge is 0.481 e. The van der Waals surface area contributed by atoms with Gasteiger partial charge in [0.2, 0.25) is 0 Å². The summed E-state index contributed by atoms with van der Waals surface area (Å²) in [5.74, 6) is -0.934. The molecule has 1 N–H and O–H groups in total. The van der Waals surface area contributed by atoms with E-state index in [9.17, 15) is 19.5 Å². The molecule has 1 fully saturated rings. The molecule has 1 aromatic carbocycles. The maximum atomic E-state index is 12.9. The third-order valence-corrected chi connectivity index (χ3v) is 6.92. The van der Waals surface area contributed by atoms with Gasteiger partial charge in [-0.1, -0.05) is 33.3 Å². The molecule has 2 aliphatic carbocycles. The number of benzene rings is 1. The lowest BCUT2D eigenvalue weighted by atomic mass is 9.49. The van der Waals surface area contributed by atoms with Gasteiger partial charge in [-0.25, -0.2) is 0 Å². The van der Waals surface area contributed by atoms with Crippen LogP contribution in [0.2, 0.25) is 0 Å². The highest BCUT2D eigenvalue weighted by Gasteiger charge is 2.57. The molecule has 0 aliphatic heterocycles. The fraction of sp³-hybridized carbons (Fsp3) is 0.591. The van der Waals surface area contributed by atoms with Crippen LogP contribution in [0.1, 0.15) is 98.1 Å². The van der Waals surface area contributed by atoms with E-state index in [1.807, 2.05) is 19.9 Å². The first-order chi connectivity index (χ1) is 12.0. The Labute approximate surface area is 155 Å². The Bertz CT molecular complexity index is 807. The van der Waals surface area contributed by atoms with E-state index in [-0.39, 0.29) is 35.2 Å². The predicted molar refractivity (Wildman–Crippen MR) is 99.9 cm³/mol. The fourth-order valence-electron chi connectivity index (χ4n) is 5.30. The summed E-state index contributed by atoms with van der Waals surface area (Å²) in [6, 6.07) is 3.79. The summed E-state index contributed by atoms with van der Waals surface area (Å²) in [5, 5.41) is 9.89. The molecule has 0 radical (unpaired) electrons. The predicted octanol–water partition coefficient (Wildman–Crippen LogP) is 4.75. The van der Waals surface area contributed by atoms with E-state index in [1.165, 1.54) is 6.92 Å². The molecule has 4 nitrogen and oxygen atoms in total. The summed E-state index contributed by atoms with van der Waals surface area (Å²) in [7, 11) is 0. The van der Waals surface area contributed by atoms with Crippen molar-refractivity contribution < 1.29 is 19.5 Å². The van der Waals surface area contributed by atoms with Crippen molar-refractivity contribution in [3.63, 3.8) is 0 Å². The van der Waals surface area contributed by atoms with E-state index in [2.05, 4.69) is 6.92 Å². The fourth-order valence-corrected chi connectivity index (χ4v) is 5.30. The number of carboxylic acids is 1. The molecule has 3 atom stereocenters. The minimum Gasteiger partial charge on any atom is -0.481 e. The zero-order valence-electron chi connectivity index (χ0n) is 16.3. The lowest BCUT2D eigenvalue weighted by Crippen LogP contribution is -2.53. The third kappa shape index (κ3) is 2.53. The van der Waals surface area contributed by atoms with Crippen molar-refractivity contribution in [2.24, 2.45) is 11.3 Å². The van der Waals surface area contributed by atoms with Gasteiger partial charge in [0.05, 0.1) is 5.41 Å². The number of hydrogen-bond acceptors (Lipinski definition) is 3. The van der Waals surface area contributed by atoms with Crippen LogP contribution in [0, 0.1) is 11.3 Å². The molecular formula is C22H28O4. The first kappa shape index (κ1) is 18.8. The van der Waals surface area contributed by atoms with E-state index in [0.29, 0.717) is 17.5 Å². The number of carbonyl (C=O) groups is 3. The van der Waals surface area contributed by atoms with Gasteiger partial charge in [0.25, 0.3) is 0 Å². The highest BCUT2D eigenvalue weighted by Crippen LogP contribution is 2.57. The van der Waals surface area contributed by atoms with Crippen molar-refractivity contribution >= 4 is 17.5 Å². The Kier molecular flexibility index (Phi) is 4.37. The number of carboxylic acid groups (broad SMARTS) is 1. The number of rotatable bonds is 3. The van der Waals surface area contributed by atoms with Gasteiger partial charge in [-0.2, -0.15) is 0 Å². The molecule has 0 aromatic heterocycles. The molecule has 140 valence electrons. The van der Waals surface area contributed by atoms with Gasteiger partial charge >= 0.3 is 5.97 Å². The molecule has 0 spiro atoms. The summed E-state index contributed by atoms with van der Waals surface area (Å²) in [4.78, 5) is 37.1. The summed E-state index contributed by atoms with van der Waals surface area (Å²) in [5.41, 5.74) is 1.89. The zero-order chi connectivity index (χ0) is 19.4. The Balaban J connectivity index is 2.27. The van der Waals surface area contributed by atoms with Crippen LogP contribution in [0.4, 0.5) is 0 Å². The van der Waals surface area contributed by atoms with E-state index in [0.717, 1.165) is 24.0 Å². The molecule has 26 heavy (non-hydrogen) atoms. The molecule has 0 heterocycles. The van der Waals surface area contributed by atoms with Crippen LogP contribution in [0.3, 0.4) is 0 Å². The summed E-state index contributed by atoms with van der Waals surface area (Å²) in [6.45, 7) is 9.53. The number of carbonyl (C=O) groups excluding carboxylic acids is 2. The first-order valence-corrected chi connectivity index (χ1v) is 9.48. The number of hydrogen-bond donors (Lipinski definition) is 1. The standard InChI is InChI=1S/C22H28O4/c1-12(2)14-10-17-16(9-15(14)13(3)23)18(24)11-19-21(17,4)7-6-8-22(19,5)20(25)26/h9-10,12,19H,6-8,11H2,1-5H3,(H,25,26). The lowest BCUT2D eigenvalue weighted by molar-refractivity contribution is -0.156. The molecule has 4 heteroatoms. The number of ketones is 2. The number of fused-ring (bicyclic) bond motifs is 3. The first-order valence-electron chi connectivity index (χ1n) is 9.48. The van der Waals surface area contributed by atoms with E-state index >= 15 is 0 Å². The topological polar surface area (TPSA) is 71.4 Å². The molecule has 3 unspecified atom stereocenters. The summed E-state index contributed by atoms with van der Waals surface area (Å²) < 4.78 is 0. The Hall–Kier alpha value is -1.97. The van der Waals surface area contributed by atoms with Gasteiger partial charge in [-0.05, 0) is 61.1 Å². The van der Waals surface area contributed by atoms with Crippen molar-refractivity contribution in [3.8, 4) is 0 Å². The van der Waals surface area contributed by atoms with Gasteiger partial charge in [0.1, 0.15) is 0 Å². The monoisotopic (exact) mass is 356 g/mol. The van der Waals surface area contributed by atoms with Gasteiger partial charge in [-0.15, -0.1) is 0 Å². The molecular weight excluding hydrogens is 328 g/mol. The van der Waals surface area contributed by atoms with Gasteiger partial charge in [0, 0.05) is 17.5 Å². The summed E-state index contributed by atoms with van der Waals surface area (Å²) >= 11 is 0. The number of aliphatic carboxylic acids is 1. The van der Waals surface area contributed by atoms with Crippen LogP contribution in [0.25, 0.3) is 0 Å². The second-order valence-electron chi connectivity index (χ2n) is 8.87. The molecule has 1 saturated carbocycles. The van der Waals surface area contributed by atoms with Crippen molar-refractivity contribution in [2.45, 2.75) is 71.6 Å². The quantitative estimate of drug-likeness (QED) is 0.794. The minimum atomic E-state index is -0.891. The molecule has 2 aliphatic rings. The Morgan fingerprint density at radius 2 is 1.85 bits per heavy atom. The summed E-state index contributed by atoms with van der Waals surface area (Å²) in [6.07, 6.45) is 2.55. The van der Waals surface area contributed by atoms with Gasteiger partial charge in [0.15, 0.2) is 11.6 Å². The van der Waals surface area contributed by atoms with Crippen molar-refractivity contribution in [2.75, 3.05) is 0 Å². The average molecular weight is 356 g/mol. The average Bonchev–Trinajstić information content (AvgIpc) is 2.56. The van der Waals surface area contributed by atoms with Crippen molar-refractivity contribution in [3.05, 3.63) is 34.4 Å². The Morgan fingerprint density at radius 1 is 1.19 bits per heavy atom. The number of Topliss-reactive ketones (excluding diaryl/α,β-unsaturated/α-hetero) is 2. The minimum absolute atomic E-state index is 0.0319. The van der Waals surface area contributed by atoms with E-state index < -0.39 is 11.4 Å². The third-order valence-electron chi connectivity index (χ3n) is 6.92. The smallest absolute Gasteiger partial charge is 0.309 e. The molecule has 1 aromatic rings. The van der Waals surface area contributed by atoms with Crippen molar-refractivity contribution in [1.82, 2.24) is 0 Å². The second kappa shape index (κ2) is 6.04. The van der Waals surface area contributed by atoms with E-state index in [1.54, 1.807) is 13.0 Å². The maximum absolute atomic E-state index is 12.9. The van der Waals surface area contributed by atoms with Crippen LogP contribution in [0.5, 0.6) is 0 Å². The molecule has 0 amide bonds. The second-order valence-corrected chi connectivity index (χ2v) is 8.87. The Morgan fingerprint density at radius 3 is 2.38 bits per heavy atom. The lowest BCUT2D eigenvalue weighted by Gasteiger charge is -2.53. The molecule has 3 rings (SSSR count). The van der Waals surface area contributed by atoms with E-state index in [4.69, 9.17) is 0 Å². The van der Waals surface area contributed by atoms with Crippen LogP contribution < -0.4 is 0 Å². The normalized spacial score (nSPS) is 30.7. The zero-order valence-corrected chi connectivity index (χ0v) is 16.3. The van der Waals surface area contributed by atoms with Gasteiger partial charge < -0.3 is 5.11 Å². The van der Waals surface area contributed by atoms with Crippen LogP contribution in [-0.2, 0) is 10.2 Å². The molecule has 0 bridgehead atoms. The van der Waals surface area contributed by atoms with Gasteiger partial charge in [-0.3, -0.25) is 14.4 Å². The highest BCUT2D eigenvalue weighted by atomic mass is 16.4. The van der Waals surface area contributed by atoms with Crippen LogP contribution >= 0.6 is 0 Å². The van der Waals surface area contributed by atoms with Crippen LogP contribution in [0.15, 0.2) is 12.1 Å². The maximum Gasteiger partial charge on any atom is 0.309 e. The van der Waals surface area contributed by atoms with Crippen molar-refractivity contribution in [1.29, 1.82) is 0 Å².